The van der Waals surface area contributed by atoms with Gasteiger partial charge in [0, 0.05) is 29.2 Å². The number of rotatable bonds is 3. The van der Waals surface area contributed by atoms with Crippen LogP contribution >= 0.6 is 11.6 Å². The fourth-order valence-corrected chi connectivity index (χ4v) is 3.40. The van der Waals surface area contributed by atoms with Crippen molar-refractivity contribution in [2.24, 2.45) is 0 Å². The summed E-state index contributed by atoms with van der Waals surface area (Å²) in [5.74, 6) is -0.204. The summed E-state index contributed by atoms with van der Waals surface area (Å²) in [5, 5.41) is 4.36. The van der Waals surface area contributed by atoms with E-state index in [-0.39, 0.29) is 35.5 Å². The van der Waals surface area contributed by atoms with Gasteiger partial charge in [-0.1, -0.05) is 35.0 Å². The summed E-state index contributed by atoms with van der Waals surface area (Å²) in [6.45, 7) is 2.19. The minimum Gasteiger partial charge on any atom is -0.339 e. The molecular formula is C20H15ClF3N3O2. The topological polar surface area (TPSA) is 59.2 Å². The summed E-state index contributed by atoms with van der Waals surface area (Å²) in [6, 6.07) is 10.1. The van der Waals surface area contributed by atoms with Gasteiger partial charge in [-0.05, 0) is 36.8 Å². The Morgan fingerprint density at radius 2 is 2.00 bits per heavy atom. The molecule has 0 bridgehead atoms. The van der Waals surface area contributed by atoms with Gasteiger partial charge in [-0.15, -0.1) is 0 Å². The number of halogens is 4. The maximum atomic E-state index is 12.9. The predicted molar refractivity (Wildman–Crippen MR) is 101 cm³/mol. The highest BCUT2D eigenvalue weighted by Crippen LogP contribution is 2.35. The third-order valence-corrected chi connectivity index (χ3v) is 5.24. The highest BCUT2D eigenvalue weighted by molar-refractivity contribution is 6.31. The maximum Gasteiger partial charge on any atom is 0.416 e. The fraction of sp³-hybridized carbons (Fsp3) is 0.250. The Kier molecular flexibility index (Phi) is 4.82. The van der Waals surface area contributed by atoms with Crippen molar-refractivity contribution in [2.75, 3.05) is 11.4 Å². The van der Waals surface area contributed by atoms with E-state index in [1.54, 1.807) is 11.0 Å². The van der Waals surface area contributed by atoms with Crippen LogP contribution in [0.1, 0.15) is 29.4 Å². The van der Waals surface area contributed by atoms with Crippen LogP contribution in [0, 0.1) is 6.92 Å². The largest absolute Gasteiger partial charge is 0.416 e. The monoisotopic (exact) mass is 421 g/mol. The van der Waals surface area contributed by atoms with Crippen molar-refractivity contribution in [2.45, 2.75) is 25.4 Å². The standard InChI is InChI=1S/C20H15ClF3N3O2/c1-11-5-6-15(9-16(11)21)27-10-13(8-17(27)28)19-25-18(26-29-19)12-3-2-4-14(7-12)20(22,23)24/h2-7,9,13H,8,10H2,1H3/t13-/m0/s1. The van der Waals surface area contributed by atoms with Crippen LogP contribution in [0.15, 0.2) is 47.0 Å². The Balaban J connectivity index is 1.56. The SMILES string of the molecule is Cc1ccc(N2C[C@@H](c3nc(-c4cccc(C(F)(F)F)c4)no3)CC2=O)cc1Cl. The number of carbonyl (C=O) groups is 1. The van der Waals surface area contributed by atoms with Crippen molar-refractivity contribution in [1.29, 1.82) is 0 Å². The molecule has 1 aliphatic rings. The normalized spacial score (nSPS) is 17.2. The van der Waals surface area contributed by atoms with Gasteiger partial charge in [-0.25, -0.2) is 0 Å². The summed E-state index contributed by atoms with van der Waals surface area (Å²) in [6.07, 6.45) is -4.30. The smallest absolute Gasteiger partial charge is 0.339 e. The summed E-state index contributed by atoms with van der Waals surface area (Å²) < 4.78 is 44.0. The van der Waals surface area contributed by atoms with E-state index in [9.17, 15) is 18.0 Å². The number of hydrogen-bond donors (Lipinski definition) is 0. The number of anilines is 1. The van der Waals surface area contributed by atoms with E-state index in [1.807, 2.05) is 19.1 Å². The second-order valence-electron chi connectivity index (χ2n) is 6.87. The predicted octanol–water partition coefficient (Wildman–Crippen LogP) is 5.24. The number of nitrogens with zero attached hydrogens (tertiary/aromatic N) is 3. The van der Waals surface area contributed by atoms with Gasteiger partial charge in [0.25, 0.3) is 0 Å². The zero-order valence-electron chi connectivity index (χ0n) is 15.2. The van der Waals surface area contributed by atoms with Crippen molar-refractivity contribution in [1.82, 2.24) is 10.1 Å². The lowest BCUT2D eigenvalue weighted by molar-refractivity contribution is -0.137. The third-order valence-electron chi connectivity index (χ3n) is 4.83. The number of aromatic nitrogens is 2. The van der Waals surface area contributed by atoms with Crippen LogP contribution in [0.5, 0.6) is 0 Å². The molecule has 0 spiro atoms. The molecule has 150 valence electrons. The molecule has 1 saturated heterocycles. The van der Waals surface area contributed by atoms with E-state index in [0.717, 1.165) is 17.7 Å². The molecule has 1 aliphatic heterocycles. The Morgan fingerprint density at radius 1 is 1.21 bits per heavy atom. The summed E-state index contributed by atoms with van der Waals surface area (Å²) >= 11 is 6.15. The van der Waals surface area contributed by atoms with Crippen LogP contribution in [0.2, 0.25) is 5.02 Å². The number of hydrogen-bond acceptors (Lipinski definition) is 4. The number of amides is 1. The Labute approximate surface area is 169 Å². The molecule has 9 heteroatoms. The quantitative estimate of drug-likeness (QED) is 0.580. The summed E-state index contributed by atoms with van der Waals surface area (Å²) in [7, 11) is 0. The lowest BCUT2D eigenvalue weighted by Crippen LogP contribution is -2.24. The van der Waals surface area contributed by atoms with Crippen molar-refractivity contribution in [3.05, 3.63) is 64.5 Å². The zero-order chi connectivity index (χ0) is 20.8. The molecule has 0 aliphatic carbocycles. The number of alkyl halides is 3. The van der Waals surface area contributed by atoms with E-state index in [4.69, 9.17) is 16.1 Å². The summed E-state index contributed by atoms with van der Waals surface area (Å²) in [5.41, 5.74) is 0.980. The molecular weight excluding hydrogens is 407 g/mol. The second-order valence-corrected chi connectivity index (χ2v) is 7.28. The molecule has 2 aromatic carbocycles. The molecule has 1 fully saturated rings. The molecule has 0 radical (unpaired) electrons. The van der Waals surface area contributed by atoms with Gasteiger partial charge in [0.1, 0.15) is 0 Å². The first-order valence-corrected chi connectivity index (χ1v) is 9.18. The van der Waals surface area contributed by atoms with Crippen LogP contribution in [0.25, 0.3) is 11.4 Å². The fourth-order valence-electron chi connectivity index (χ4n) is 3.23. The number of benzene rings is 2. The Morgan fingerprint density at radius 3 is 2.72 bits per heavy atom. The van der Waals surface area contributed by atoms with E-state index in [2.05, 4.69) is 10.1 Å². The first kappa shape index (κ1) is 19.4. The van der Waals surface area contributed by atoms with Crippen LogP contribution in [-0.4, -0.2) is 22.6 Å². The van der Waals surface area contributed by atoms with Gasteiger partial charge >= 0.3 is 6.18 Å². The van der Waals surface area contributed by atoms with Crippen LogP contribution < -0.4 is 4.90 Å². The van der Waals surface area contributed by atoms with Gasteiger partial charge in [0.2, 0.25) is 17.6 Å². The van der Waals surface area contributed by atoms with E-state index >= 15 is 0 Å². The third kappa shape index (κ3) is 3.85. The molecule has 0 N–H and O–H groups in total. The van der Waals surface area contributed by atoms with Crippen LogP contribution in [0.4, 0.5) is 18.9 Å². The molecule has 1 aromatic heterocycles. The molecule has 3 aromatic rings. The van der Waals surface area contributed by atoms with E-state index in [0.29, 0.717) is 17.3 Å². The molecule has 29 heavy (non-hydrogen) atoms. The van der Waals surface area contributed by atoms with Crippen molar-refractivity contribution in [3.63, 3.8) is 0 Å². The van der Waals surface area contributed by atoms with Crippen LogP contribution in [-0.2, 0) is 11.0 Å². The molecule has 5 nitrogen and oxygen atoms in total. The maximum absolute atomic E-state index is 12.9. The van der Waals surface area contributed by atoms with Gasteiger partial charge in [0.05, 0.1) is 11.5 Å². The number of carbonyl (C=O) groups excluding carboxylic acids is 1. The minimum atomic E-state index is -4.46. The van der Waals surface area contributed by atoms with Crippen molar-refractivity contribution < 1.29 is 22.5 Å². The average Bonchev–Trinajstić information content (AvgIpc) is 3.30. The first-order valence-electron chi connectivity index (χ1n) is 8.80. The van der Waals surface area contributed by atoms with E-state index in [1.165, 1.54) is 12.1 Å². The molecule has 0 unspecified atom stereocenters. The first-order chi connectivity index (χ1) is 13.7. The van der Waals surface area contributed by atoms with E-state index < -0.39 is 11.7 Å². The lowest BCUT2D eigenvalue weighted by atomic mass is 10.1. The van der Waals surface area contributed by atoms with Gasteiger partial charge in [-0.3, -0.25) is 4.79 Å². The second kappa shape index (κ2) is 7.18. The molecule has 0 saturated carbocycles. The minimum absolute atomic E-state index is 0.0513. The highest BCUT2D eigenvalue weighted by Gasteiger charge is 2.36. The average molecular weight is 422 g/mol. The Hall–Kier alpha value is -2.87. The zero-order valence-corrected chi connectivity index (χ0v) is 16.0. The van der Waals surface area contributed by atoms with Gasteiger partial charge in [0.15, 0.2) is 0 Å². The van der Waals surface area contributed by atoms with Gasteiger partial charge in [-0.2, -0.15) is 18.2 Å². The number of aryl methyl sites for hydroxylation is 1. The molecule has 4 rings (SSSR count). The molecule has 1 atom stereocenters. The van der Waals surface area contributed by atoms with Crippen LogP contribution in [0.3, 0.4) is 0 Å². The summed E-state index contributed by atoms with van der Waals surface area (Å²) in [4.78, 5) is 18.3. The highest BCUT2D eigenvalue weighted by atomic mass is 35.5. The Bertz CT molecular complexity index is 1080. The van der Waals surface area contributed by atoms with Crippen molar-refractivity contribution >= 4 is 23.2 Å². The molecule has 2 heterocycles. The van der Waals surface area contributed by atoms with Gasteiger partial charge < -0.3 is 9.42 Å². The lowest BCUT2D eigenvalue weighted by Gasteiger charge is -2.17. The molecule has 1 amide bonds. The van der Waals surface area contributed by atoms with Crippen molar-refractivity contribution in [3.8, 4) is 11.4 Å².